The van der Waals surface area contributed by atoms with Gasteiger partial charge in [0, 0.05) is 30.2 Å². The molecule has 35 heavy (non-hydrogen) atoms. The first-order valence-corrected chi connectivity index (χ1v) is 13.2. The molecule has 0 spiro atoms. The average molecular weight is 597 g/mol. The Morgan fingerprint density at radius 1 is 0.886 bits per heavy atom. The lowest BCUT2D eigenvalue weighted by molar-refractivity contribution is -0.697. The maximum absolute atomic E-state index is 12.7. The Bertz CT molecular complexity index is 844. The van der Waals surface area contributed by atoms with Crippen LogP contribution in [0.25, 0.3) is 0 Å². The van der Waals surface area contributed by atoms with Gasteiger partial charge >= 0.3 is 0 Å². The number of rotatable bonds is 18. The van der Waals surface area contributed by atoms with E-state index < -0.39 is 0 Å². The summed E-state index contributed by atoms with van der Waals surface area (Å²) in [5.74, 6) is 1.17. The number of benzene rings is 1. The summed E-state index contributed by atoms with van der Waals surface area (Å²) in [7, 11) is 1.61. The molecule has 1 N–H and O–H groups in total. The first-order chi connectivity index (χ1) is 16.7. The molecule has 2 rings (SSSR count). The van der Waals surface area contributed by atoms with E-state index in [4.69, 9.17) is 9.47 Å². The summed E-state index contributed by atoms with van der Waals surface area (Å²) in [5, 5.41) is 3.00. The number of carbonyl (C=O) groups excluding carboxylic acids is 1. The number of halogens is 1. The molecule has 1 aromatic carbocycles. The minimum Gasteiger partial charge on any atom is -1.00 e. The highest BCUT2D eigenvalue weighted by Crippen LogP contribution is 2.28. The van der Waals surface area contributed by atoms with E-state index in [1.807, 2.05) is 24.4 Å². The van der Waals surface area contributed by atoms with Crippen LogP contribution >= 0.6 is 0 Å². The average Bonchev–Trinajstić information content (AvgIpc) is 2.86. The van der Waals surface area contributed by atoms with Crippen LogP contribution in [0.1, 0.15) is 100 Å². The Morgan fingerprint density at radius 2 is 1.57 bits per heavy atom. The van der Waals surface area contributed by atoms with E-state index in [1.54, 1.807) is 19.2 Å². The van der Waals surface area contributed by atoms with Gasteiger partial charge in [0.2, 0.25) is 0 Å². The van der Waals surface area contributed by atoms with E-state index in [2.05, 4.69) is 29.9 Å². The molecule has 5 nitrogen and oxygen atoms in total. The maximum atomic E-state index is 12.7. The minimum atomic E-state index is -0.120. The van der Waals surface area contributed by atoms with Gasteiger partial charge in [0.25, 0.3) is 5.91 Å². The fraction of sp³-hybridized carbons (Fsp3) is 0.586. The summed E-state index contributed by atoms with van der Waals surface area (Å²) in [4.78, 5) is 12.7. The summed E-state index contributed by atoms with van der Waals surface area (Å²) in [6.07, 6.45) is 18.2. The Balaban J connectivity index is 0.00000612. The van der Waals surface area contributed by atoms with Crippen LogP contribution in [0.2, 0.25) is 0 Å². The molecule has 0 bridgehead atoms. The van der Waals surface area contributed by atoms with Crippen molar-refractivity contribution < 1.29 is 42.8 Å². The van der Waals surface area contributed by atoms with Crippen LogP contribution in [0.4, 0.5) is 0 Å². The Morgan fingerprint density at radius 3 is 2.23 bits per heavy atom. The van der Waals surface area contributed by atoms with Crippen LogP contribution in [0.3, 0.4) is 0 Å². The fourth-order valence-corrected chi connectivity index (χ4v) is 4.06. The molecule has 1 amide bonds. The molecule has 0 fully saturated rings. The second kappa shape index (κ2) is 19.4. The molecule has 2 aromatic rings. The summed E-state index contributed by atoms with van der Waals surface area (Å²) in [6, 6.07) is 9.43. The molecule has 0 saturated carbocycles. The van der Waals surface area contributed by atoms with Gasteiger partial charge in [0.15, 0.2) is 23.9 Å². The number of amides is 1. The largest absolute Gasteiger partial charge is 1.00 e. The highest BCUT2D eigenvalue weighted by Gasteiger charge is 2.12. The van der Waals surface area contributed by atoms with Crippen LogP contribution in [-0.4, -0.2) is 19.6 Å². The van der Waals surface area contributed by atoms with Crippen molar-refractivity contribution in [3.63, 3.8) is 0 Å². The van der Waals surface area contributed by atoms with Crippen LogP contribution in [0.5, 0.6) is 11.5 Å². The third kappa shape index (κ3) is 12.6. The molecule has 196 valence electrons. The van der Waals surface area contributed by atoms with E-state index >= 15 is 0 Å². The van der Waals surface area contributed by atoms with Crippen molar-refractivity contribution in [1.29, 1.82) is 0 Å². The van der Waals surface area contributed by atoms with Gasteiger partial charge in [0.05, 0.1) is 13.7 Å². The van der Waals surface area contributed by atoms with Crippen LogP contribution in [-0.2, 0) is 13.1 Å². The van der Waals surface area contributed by atoms with Gasteiger partial charge in [-0.2, -0.15) is 0 Å². The van der Waals surface area contributed by atoms with Crippen molar-refractivity contribution >= 4 is 5.91 Å². The van der Waals surface area contributed by atoms with Crippen molar-refractivity contribution in [2.24, 2.45) is 0 Å². The molecule has 0 aliphatic rings. The van der Waals surface area contributed by atoms with E-state index in [-0.39, 0.29) is 29.9 Å². The number of hydrogen-bond acceptors (Lipinski definition) is 3. The molecule has 0 unspecified atom stereocenters. The number of carbonyl (C=O) groups is 1. The number of nitrogens with zero attached hydrogens (tertiary/aromatic N) is 1. The summed E-state index contributed by atoms with van der Waals surface area (Å²) >= 11 is 0. The van der Waals surface area contributed by atoms with E-state index in [1.165, 1.54) is 57.8 Å². The van der Waals surface area contributed by atoms with E-state index in [0.29, 0.717) is 30.2 Å². The van der Waals surface area contributed by atoms with Crippen molar-refractivity contribution in [1.82, 2.24) is 5.32 Å². The highest BCUT2D eigenvalue weighted by molar-refractivity contribution is 5.94. The Kier molecular flexibility index (Phi) is 17.3. The maximum Gasteiger partial charge on any atom is 0.251 e. The fourth-order valence-electron chi connectivity index (χ4n) is 4.06. The SMILES string of the molecule is CCCCCCCCCCCCOc1ccc(C(=O)NCc2ccc[n+](CCC)c2)cc1OC.[I-]. The number of methoxy groups -OCH3 is 1. The van der Waals surface area contributed by atoms with Gasteiger partial charge in [-0.05, 0) is 30.7 Å². The van der Waals surface area contributed by atoms with Crippen LogP contribution in [0, 0.1) is 0 Å². The quantitative estimate of drug-likeness (QED) is 0.163. The molecule has 1 aromatic heterocycles. The second-order valence-corrected chi connectivity index (χ2v) is 9.03. The van der Waals surface area contributed by atoms with Crippen molar-refractivity contribution in [3.05, 3.63) is 53.9 Å². The van der Waals surface area contributed by atoms with Gasteiger partial charge in [-0.15, -0.1) is 0 Å². The molecule has 6 heteroatoms. The zero-order chi connectivity index (χ0) is 24.4. The molecular formula is C29H45IN2O3. The normalized spacial score (nSPS) is 10.5. The summed E-state index contributed by atoms with van der Waals surface area (Å²) in [6.45, 7) is 6.55. The zero-order valence-electron chi connectivity index (χ0n) is 22.0. The van der Waals surface area contributed by atoms with Gasteiger partial charge in [0.1, 0.15) is 6.54 Å². The van der Waals surface area contributed by atoms with Crippen LogP contribution < -0.4 is 43.3 Å². The first kappa shape index (κ1) is 31.2. The third-order valence-electron chi connectivity index (χ3n) is 6.04. The Labute approximate surface area is 230 Å². The van der Waals surface area contributed by atoms with Crippen molar-refractivity contribution in [3.8, 4) is 11.5 Å². The van der Waals surface area contributed by atoms with Gasteiger partial charge in [-0.3, -0.25) is 4.79 Å². The number of pyridine rings is 1. The van der Waals surface area contributed by atoms with Crippen LogP contribution in [0.15, 0.2) is 42.7 Å². The number of ether oxygens (including phenoxy) is 2. The smallest absolute Gasteiger partial charge is 0.251 e. The van der Waals surface area contributed by atoms with Gasteiger partial charge in [-0.25, -0.2) is 4.57 Å². The molecule has 1 heterocycles. The number of hydrogen-bond donors (Lipinski definition) is 1. The third-order valence-corrected chi connectivity index (χ3v) is 6.04. The van der Waals surface area contributed by atoms with E-state index in [9.17, 15) is 4.79 Å². The second-order valence-electron chi connectivity index (χ2n) is 9.03. The lowest BCUT2D eigenvalue weighted by Gasteiger charge is -2.12. The van der Waals surface area contributed by atoms with E-state index in [0.717, 1.165) is 24.9 Å². The number of nitrogens with one attached hydrogen (secondary N) is 1. The number of aryl methyl sites for hydroxylation is 1. The summed E-state index contributed by atoms with van der Waals surface area (Å²) < 4.78 is 13.6. The lowest BCUT2D eigenvalue weighted by Crippen LogP contribution is -3.00. The predicted molar refractivity (Wildman–Crippen MR) is 138 cm³/mol. The topological polar surface area (TPSA) is 51.4 Å². The van der Waals surface area contributed by atoms with Gasteiger partial charge < -0.3 is 38.8 Å². The zero-order valence-corrected chi connectivity index (χ0v) is 24.1. The Hall–Kier alpha value is -1.83. The molecule has 0 saturated heterocycles. The standard InChI is InChI=1S/C29H44N2O3.HI/c1-4-6-7-8-9-10-11-12-13-14-21-34-27-18-17-26(22-28(27)33-3)29(32)30-23-25-16-15-20-31(24-25)19-5-2;/h15-18,20,22,24H,4-14,19,21,23H2,1-3H3;1H. The molecular weight excluding hydrogens is 551 g/mol. The lowest BCUT2D eigenvalue weighted by atomic mass is 10.1. The molecule has 0 aliphatic carbocycles. The summed E-state index contributed by atoms with van der Waals surface area (Å²) in [5.41, 5.74) is 1.65. The number of aromatic nitrogens is 1. The van der Waals surface area contributed by atoms with Crippen molar-refractivity contribution in [2.75, 3.05) is 13.7 Å². The number of unbranched alkanes of at least 4 members (excludes halogenated alkanes) is 9. The molecule has 0 radical (unpaired) electrons. The molecule has 0 aliphatic heterocycles. The van der Waals surface area contributed by atoms with Crippen molar-refractivity contribution in [2.45, 2.75) is 97.6 Å². The molecule has 0 atom stereocenters. The van der Waals surface area contributed by atoms with Gasteiger partial charge in [-0.1, -0.05) is 71.6 Å². The first-order valence-electron chi connectivity index (χ1n) is 13.2. The predicted octanol–water partition coefficient (Wildman–Crippen LogP) is 3.63. The minimum absolute atomic E-state index is 0. The highest BCUT2D eigenvalue weighted by atomic mass is 127. The monoisotopic (exact) mass is 596 g/mol.